The molecule has 0 saturated carbocycles. The second-order valence-corrected chi connectivity index (χ2v) is 14.6. The number of fused-ring (bicyclic) bond motifs is 4. The van der Waals surface area contributed by atoms with Crippen molar-refractivity contribution in [2.24, 2.45) is 0 Å². The van der Waals surface area contributed by atoms with Crippen LogP contribution in [0.15, 0.2) is 182 Å². The largest absolute Gasteiger partial charge is 0.308 e. The lowest BCUT2D eigenvalue weighted by molar-refractivity contribution is 0.0926. The Kier molecular flexibility index (Phi) is 7.86. The van der Waals surface area contributed by atoms with Crippen LogP contribution in [0.3, 0.4) is 0 Å². The van der Waals surface area contributed by atoms with Gasteiger partial charge in [-0.05, 0) is 89.7 Å². The van der Waals surface area contributed by atoms with Gasteiger partial charge in [-0.15, -0.1) is 0 Å². The molecular formula is C52H36N2O2. The van der Waals surface area contributed by atoms with Gasteiger partial charge in [-0.1, -0.05) is 151 Å². The standard InChI is InChI=1S/C52H36N2O2/c1-33-27-34(2)29-39(28-33)38-25-26-47-45(30-38)41-21-12-13-23-46(41)53(47)48-24-14-22-42-49(48)52(56)54(51(42)55)50-43(36-17-8-4-9-18-36)31-40(35-15-6-3-7-16-35)32-44(50)37-19-10-5-11-20-37/h3-32H,1-2H3. The molecule has 8 aromatic carbocycles. The first-order chi connectivity index (χ1) is 27.4. The third-order valence-electron chi connectivity index (χ3n) is 11.0. The molecule has 1 aromatic heterocycles. The van der Waals surface area contributed by atoms with Crippen molar-refractivity contribution in [3.63, 3.8) is 0 Å². The van der Waals surface area contributed by atoms with E-state index in [1.807, 2.05) is 97.1 Å². The van der Waals surface area contributed by atoms with E-state index in [-0.39, 0.29) is 11.8 Å². The fraction of sp³-hybridized carbons (Fsp3) is 0.0385. The number of imide groups is 1. The van der Waals surface area contributed by atoms with Crippen LogP contribution in [-0.2, 0) is 0 Å². The number of nitrogens with zero attached hydrogens (tertiary/aromatic N) is 2. The minimum atomic E-state index is -0.347. The van der Waals surface area contributed by atoms with E-state index in [9.17, 15) is 4.79 Å². The van der Waals surface area contributed by atoms with Gasteiger partial charge in [0.25, 0.3) is 11.8 Å². The minimum Gasteiger partial charge on any atom is -0.308 e. The number of benzene rings is 8. The average molecular weight is 721 g/mol. The van der Waals surface area contributed by atoms with Crippen molar-refractivity contribution in [3.05, 3.63) is 204 Å². The molecule has 10 rings (SSSR count). The van der Waals surface area contributed by atoms with Crippen molar-refractivity contribution in [1.82, 2.24) is 4.57 Å². The third kappa shape index (κ3) is 5.38. The number of hydrogen-bond acceptors (Lipinski definition) is 2. The van der Waals surface area contributed by atoms with Crippen molar-refractivity contribution < 1.29 is 9.59 Å². The maximum absolute atomic E-state index is 15.3. The van der Waals surface area contributed by atoms with E-state index < -0.39 is 0 Å². The summed E-state index contributed by atoms with van der Waals surface area (Å²) in [5.74, 6) is -0.688. The highest BCUT2D eigenvalue weighted by Gasteiger charge is 2.41. The van der Waals surface area contributed by atoms with Crippen LogP contribution < -0.4 is 4.90 Å². The first-order valence-electron chi connectivity index (χ1n) is 18.9. The Morgan fingerprint density at radius 1 is 0.375 bits per heavy atom. The van der Waals surface area contributed by atoms with Crippen LogP contribution in [0.4, 0.5) is 5.69 Å². The molecule has 266 valence electrons. The molecule has 2 amide bonds. The van der Waals surface area contributed by atoms with Crippen LogP contribution >= 0.6 is 0 Å². The van der Waals surface area contributed by atoms with Crippen molar-refractivity contribution >= 4 is 39.3 Å². The zero-order chi connectivity index (χ0) is 37.9. The second-order valence-electron chi connectivity index (χ2n) is 14.6. The molecule has 2 heterocycles. The Hall–Kier alpha value is -7.30. The molecule has 0 atom stereocenters. The molecule has 0 spiro atoms. The lowest BCUT2D eigenvalue weighted by atomic mass is 9.90. The maximum Gasteiger partial charge on any atom is 0.268 e. The molecule has 0 saturated heterocycles. The van der Waals surface area contributed by atoms with E-state index in [1.165, 1.54) is 21.6 Å². The number of amides is 2. The van der Waals surface area contributed by atoms with Gasteiger partial charge in [0.1, 0.15) is 0 Å². The van der Waals surface area contributed by atoms with Gasteiger partial charge in [-0.3, -0.25) is 9.59 Å². The van der Waals surface area contributed by atoms with Crippen LogP contribution in [-0.4, -0.2) is 16.4 Å². The summed E-state index contributed by atoms with van der Waals surface area (Å²) >= 11 is 0. The zero-order valence-electron chi connectivity index (χ0n) is 31.0. The van der Waals surface area contributed by atoms with E-state index >= 15 is 4.79 Å². The van der Waals surface area contributed by atoms with Gasteiger partial charge in [-0.25, -0.2) is 4.90 Å². The number of anilines is 1. The molecule has 0 radical (unpaired) electrons. The first kappa shape index (κ1) is 33.3. The van der Waals surface area contributed by atoms with E-state index in [0.717, 1.165) is 60.8 Å². The van der Waals surface area contributed by atoms with Crippen LogP contribution in [0.2, 0.25) is 0 Å². The molecule has 9 aromatic rings. The number of carbonyl (C=O) groups is 2. The van der Waals surface area contributed by atoms with Gasteiger partial charge in [0.2, 0.25) is 0 Å². The highest BCUT2D eigenvalue weighted by Crippen LogP contribution is 2.47. The fourth-order valence-electron chi connectivity index (χ4n) is 8.56. The van der Waals surface area contributed by atoms with E-state index in [2.05, 4.69) is 97.3 Å². The van der Waals surface area contributed by atoms with E-state index in [4.69, 9.17) is 0 Å². The number of rotatable bonds is 6. The molecule has 4 heteroatoms. The third-order valence-corrected chi connectivity index (χ3v) is 11.0. The number of hydrogen-bond donors (Lipinski definition) is 0. The number of carbonyl (C=O) groups excluding carboxylic acids is 2. The lowest BCUT2D eigenvalue weighted by Gasteiger charge is -2.24. The normalized spacial score (nSPS) is 12.5. The quantitative estimate of drug-likeness (QED) is 0.161. The van der Waals surface area contributed by atoms with Gasteiger partial charge in [0.15, 0.2) is 0 Å². The van der Waals surface area contributed by atoms with Crippen LogP contribution in [0.5, 0.6) is 0 Å². The molecule has 0 unspecified atom stereocenters. The van der Waals surface area contributed by atoms with Crippen LogP contribution in [0, 0.1) is 13.8 Å². The minimum absolute atomic E-state index is 0.341. The lowest BCUT2D eigenvalue weighted by Crippen LogP contribution is -2.30. The van der Waals surface area contributed by atoms with Gasteiger partial charge >= 0.3 is 0 Å². The zero-order valence-corrected chi connectivity index (χ0v) is 31.0. The van der Waals surface area contributed by atoms with Crippen molar-refractivity contribution in [1.29, 1.82) is 0 Å². The van der Waals surface area contributed by atoms with Crippen molar-refractivity contribution in [2.75, 3.05) is 4.90 Å². The summed E-state index contributed by atoms with van der Waals surface area (Å²) in [5, 5.41) is 2.16. The topological polar surface area (TPSA) is 42.3 Å². The molecule has 1 aliphatic rings. The summed E-state index contributed by atoms with van der Waals surface area (Å²) < 4.78 is 2.15. The van der Waals surface area contributed by atoms with Crippen molar-refractivity contribution in [2.45, 2.75) is 13.8 Å². The summed E-state index contributed by atoms with van der Waals surface area (Å²) in [6.45, 7) is 4.25. The van der Waals surface area contributed by atoms with Crippen molar-refractivity contribution in [3.8, 4) is 50.2 Å². The molecular weight excluding hydrogens is 685 g/mol. The molecule has 4 nitrogen and oxygen atoms in total. The van der Waals surface area contributed by atoms with Gasteiger partial charge < -0.3 is 4.57 Å². The number of para-hydroxylation sites is 1. The smallest absolute Gasteiger partial charge is 0.268 e. The summed E-state index contributed by atoms with van der Waals surface area (Å²) in [5.41, 5.74) is 14.2. The maximum atomic E-state index is 15.3. The first-order valence-corrected chi connectivity index (χ1v) is 18.9. The van der Waals surface area contributed by atoms with Crippen LogP contribution in [0.25, 0.3) is 72.0 Å². The van der Waals surface area contributed by atoms with Crippen LogP contribution in [0.1, 0.15) is 31.8 Å². The molecule has 56 heavy (non-hydrogen) atoms. The monoisotopic (exact) mass is 720 g/mol. The summed E-state index contributed by atoms with van der Waals surface area (Å²) in [7, 11) is 0. The van der Waals surface area contributed by atoms with E-state index in [0.29, 0.717) is 22.5 Å². The molecule has 1 aliphatic heterocycles. The highest BCUT2D eigenvalue weighted by atomic mass is 16.2. The summed E-state index contributed by atoms with van der Waals surface area (Å²) in [6, 6.07) is 61.6. The van der Waals surface area contributed by atoms with Gasteiger partial charge in [-0.2, -0.15) is 0 Å². The Bertz CT molecular complexity index is 2940. The summed E-state index contributed by atoms with van der Waals surface area (Å²) in [4.78, 5) is 31.7. The average Bonchev–Trinajstić information content (AvgIpc) is 3.70. The predicted molar refractivity (Wildman–Crippen MR) is 230 cm³/mol. The molecule has 0 bridgehead atoms. The molecule has 0 fully saturated rings. The van der Waals surface area contributed by atoms with Gasteiger partial charge in [0.05, 0.1) is 33.5 Å². The Balaban J connectivity index is 1.20. The fourth-order valence-corrected chi connectivity index (χ4v) is 8.56. The van der Waals surface area contributed by atoms with E-state index in [1.54, 1.807) is 6.07 Å². The highest BCUT2D eigenvalue weighted by molar-refractivity contribution is 6.37. The Morgan fingerprint density at radius 3 is 1.57 bits per heavy atom. The summed E-state index contributed by atoms with van der Waals surface area (Å²) in [6.07, 6.45) is 0. The Labute approximate surface area is 325 Å². The number of aromatic nitrogens is 1. The SMILES string of the molecule is Cc1cc(C)cc(-c2ccc3c(c2)c2ccccc2n3-c2cccc3c2C(=O)N(c2c(-c4ccccc4)cc(-c4ccccc4)cc2-c2ccccc2)C3=O)c1. The number of aryl methyl sites for hydroxylation is 2. The van der Waals surface area contributed by atoms with Gasteiger partial charge in [0, 0.05) is 21.9 Å². The molecule has 0 N–H and O–H groups in total. The predicted octanol–water partition coefficient (Wildman–Crippen LogP) is 12.9. The molecule has 0 aliphatic carbocycles. The second kappa shape index (κ2) is 13.2. The Morgan fingerprint density at radius 2 is 0.929 bits per heavy atom.